The number of anilines is 2. The monoisotopic (exact) mass is 523 g/mol. The third kappa shape index (κ3) is 6.58. The Morgan fingerprint density at radius 1 is 1.00 bits per heavy atom. The smallest absolute Gasteiger partial charge is 0.222 e. The number of nitriles is 2. The molecule has 1 unspecified atom stereocenters. The number of benzene rings is 3. The Bertz CT molecular complexity index is 1430. The van der Waals surface area contributed by atoms with Crippen LogP contribution < -0.4 is 10.6 Å². The maximum atomic E-state index is 10.1. The summed E-state index contributed by atoms with van der Waals surface area (Å²) in [7, 11) is 0. The molecular weight excluding hydrogens is 494 g/mol. The van der Waals surface area contributed by atoms with Crippen molar-refractivity contribution in [2.45, 2.75) is 45.2 Å². The predicted molar refractivity (Wildman–Crippen MR) is 150 cm³/mol. The lowest BCUT2D eigenvalue weighted by Crippen LogP contribution is -2.42. The standard InChI is InChI=1S/C30H30ClN7/c1-20(27(15-21-10-12-25(31)13-11-21)23-7-4-6-22(14-23)17-32)36-28(30(2,3)18-33)24-8-5-9-26(16-24)37-29-34-19-35-38-29/h4-14,16,19-20,27-28,36H,15H2,1-3H3,(H2,34,35,37,38)/t20-,27+,28?/m0/s1. The normalized spacial score (nSPS) is 13.6. The van der Waals surface area contributed by atoms with Gasteiger partial charge in [0.1, 0.15) is 6.33 Å². The fourth-order valence-corrected chi connectivity index (χ4v) is 4.79. The van der Waals surface area contributed by atoms with Gasteiger partial charge in [-0.1, -0.05) is 48.0 Å². The molecule has 1 heterocycles. The van der Waals surface area contributed by atoms with Crippen molar-refractivity contribution in [3.63, 3.8) is 0 Å². The van der Waals surface area contributed by atoms with Crippen molar-refractivity contribution in [3.05, 3.63) is 106 Å². The molecule has 0 aliphatic carbocycles. The first-order valence-electron chi connectivity index (χ1n) is 12.4. The highest BCUT2D eigenvalue weighted by Crippen LogP contribution is 2.36. The molecule has 7 nitrogen and oxygen atoms in total. The molecule has 0 saturated carbocycles. The summed E-state index contributed by atoms with van der Waals surface area (Å²) in [5.74, 6) is 0.581. The first kappa shape index (κ1) is 26.9. The highest BCUT2D eigenvalue weighted by atomic mass is 35.5. The SMILES string of the molecule is C[C@H](NC(c1cccc(Nc2ncn[nH]2)c1)C(C)(C)C#N)[C@@H](Cc1ccc(Cl)cc1)c1cccc(C#N)c1. The second kappa shape index (κ2) is 11.9. The third-order valence-corrected chi connectivity index (χ3v) is 7.01. The second-order valence-electron chi connectivity index (χ2n) is 9.98. The molecule has 3 atom stereocenters. The van der Waals surface area contributed by atoms with E-state index in [9.17, 15) is 10.5 Å². The Hall–Kier alpha value is -4.17. The molecule has 0 spiro atoms. The maximum absolute atomic E-state index is 10.1. The first-order valence-corrected chi connectivity index (χ1v) is 12.8. The van der Waals surface area contributed by atoms with Gasteiger partial charge in [0.05, 0.1) is 29.2 Å². The molecule has 0 aliphatic rings. The summed E-state index contributed by atoms with van der Waals surface area (Å²) in [6, 6.07) is 28.0. The van der Waals surface area contributed by atoms with Gasteiger partial charge in [0.25, 0.3) is 0 Å². The van der Waals surface area contributed by atoms with E-state index in [4.69, 9.17) is 11.6 Å². The van der Waals surface area contributed by atoms with E-state index < -0.39 is 5.41 Å². The number of rotatable bonds is 10. The fraction of sp³-hybridized carbons (Fsp3) is 0.267. The molecule has 1 aromatic heterocycles. The zero-order chi connectivity index (χ0) is 27.1. The van der Waals surface area contributed by atoms with Crippen molar-refractivity contribution in [2.24, 2.45) is 5.41 Å². The van der Waals surface area contributed by atoms with Crippen LogP contribution in [0.25, 0.3) is 0 Å². The van der Waals surface area contributed by atoms with Gasteiger partial charge >= 0.3 is 0 Å². The maximum Gasteiger partial charge on any atom is 0.222 e. The number of aromatic nitrogens is 3. The Labute approximate surface area is 228 Å². The van der Waals surface area contributed by atoms with Gasteiger partial charge in [0.15, 0.2) is 0 Å². The second-order valence-corrected chi connectivity index (χ2v) is 10.4. The average Bonchev–Trinajstić information content (AvgIpc) is 3.44. The number of nitrogens with one attached hydrogen (secondary N) is 3. The Morgan fingerprint density at radius 3 is 2.42 bits per heavy atom. The van der Waals surface area contributed by atoms with E-state index in [1.165, 1.54) is 6.33 Å². The summed E-state index contributed by atoms with van der Waals surface area (Å²) in [6.07, 6.45) is 2.19. The number of hydrogen-bond donors (Lipinski definition) is 3. The van der Waals surface area contributed by atoms with Gasteiger partial charge in [0.2, 0.25) is 5.95 Å². The van der Waals surface area contributed by atoms with Crippen molar-refractivity contribution in [3.8, 4) is 12.1 Å². The Balaban J connectivity index is 1.67. The molecule has 0 aliphatic heterocycles. The predicted octanol–water partition coefficient (Wildman–Crippen LogP) is 6.67. The molecular formula is C30H30ClN7. The molecule has 192 valence electrons. The lowest BCUT2D eigenvalue weighted by atomic mass is 9.79. The zero-order valence-corrected chi connectivity index (χ0v) is 22.4. The molecule has 3 N–H and O–H groups in total. The van der Waals surface area contributed by atoms with Crippen LogP contribution in [0, 0.1) is 28.1 Å². The number of halogens is 1. The van der Waals surface area contributed by atoms with E-state index >= 15 is 0 Å². The van der Waals surface area contributed by atoms with E-state index in [1.54, 1.807) is 0 Å². The number of nitrogens with zero attached hydrogens (tertiary/aromatic N) is 4. The molecule has 0 bridgehead atoms. The minimum absolute atomic E-state index is 0.0388. The summed E-state index contributed by atoms with van der Waals surface area (Å²) >= 11 is 6.13. The van der Waals surface area contributed by atoms with Gasteiger partial charge in [0, 0.05) is 22.7 Å². The molecule has 0 radical (unpaired) electrons. The molecule has 4 aromatic rings. The van der Waals surface area contributed by atoms with Gasteiger partial charge < -0.3 is 10.6 Å². The quantitative estimate of drug-likeness (QED) is 0.214. The topological polar surface area (TPSA) is 113 Å². The largest absolute Gasteiger partial charge is 0.325 e. The minimum Gasteiger partial charge on any atom is -0.325 e. The molecule has 4 rings (SSSR count). The van der Waals surface area contributed by atoms with Crippen molar-refractivity contribution < 1.29 is 0 Å². The van der Waals surface area contributed by atoms with Gasteiger partial charge in [-0.05, 0) is 80.3 Å². The number of aromatic amines is 1. The summed E-state index contributed by atoms with van der Waals surface area (Å²) in [5, 5.41) is 34.0. The van der Waals surface area contributed by atoms with Gasteiger partial charge in [-0.3, -0.25) is 0 Å². The van der Waals surface area contributed by atoms with Crippen LogP contribution in [0.5, 0.6) is 0 Å². The van der Waals surface area contributed by atoms with E-state index in [2.05, 4.69) is 50.9 Å². The Morgan fingerprint density at radius 2 is 1.74 bits per heavy atom. The number of hydrogen-bond acceptors (Lipinski definition) is 6. The first-order chi connectivity index (χ1) is 18.3. The van der Waals surface area contributed by atoms with Crippen LogP contribution in [0.15, 0.2) is 79.1 Å². The van der Waals surface area contributed by atoms with Crippen LogP contribution in [0.1, 0.15) is 55.0 Å². The third-order valence-electron chi connectivity index (χ3n) is 6.75. The van der Waals surface area contributed by atoms with Crippen LogP contribution in [0.2, 0.25) is 5.02 Å². The van der Waals surface area contributed by atoms with Crippen LogP contribution in [-0.4, -0.2) is 21.2 Å². The van der Waals surface area contributed by atoms with Gasteiger partial charge in [-0.25, -0.2) is 5.10 Å². The van der Waals surface area contributed by atoms with Crippen LogP contribution in [0.4, 0.5) is 11.6 Å². The van der Waals surface area contributed by atoms with E-state index in [1.807, 2.05) is 80.6 Å². The molecule has 0 fully saturated rings. The highest BCUT2D eigenvalue weighted by molar-refractivity contribution is 6.30. The summed E-state index contributed by atoms with van der Waals surface area (Å²) in [6.45, 7) is 6.02. The van der Waals surface area contributed by atoms with Crippen molar-refractivity contribution in [1.82, 2.24) is 20.5 Å². The lowest BCUT2D eigenvalue weighted by Gasteiger charge is -2.36. The number of H-pyrrole nitrogens is 1. The highest BCUT2D eigenvalue weighted by Gasteiger charge is 2.34. The van der Waals surface area contributed by atoms with Gasteiger partial charge in [-0.2, -0.15) is 20.6 Å². The summed E-state index contributed by atoms with van der Waals surface area (Å²) < 4.78 is 0. The van der Waals surface area contributed by atoms with Crippen molar-refractivity contribution >= 4 is 23.2 Å². The van der Waals surface area contributed by atoms with Crippen molar-refractivity contribution in [1.29, 1.82) is 10.5 Å². The Kier molecular flexibility index (Phi) is 8.43. The molecule has 38 heavy (non-hydrogen) atoms. The lowest BCUT2D eigenvalue weighted by molar-refractivity contribution is 0.281. The van der Waals surface area contributed by atoms with E-state index in [0.717, 1.165) is 28.8 Å². The van der Waals surface area contributed by atoms with E-state index in [0.29, 0.717) is 16.5 Å². The summed E-state index contributed by atoms with van der Waals surface area (Å²) in [5.41, 5.74) is 3.93. The molecule has 3 aromatic carbocycles. The zero-order valence-electron chi connectivity index (χ0n) is 21.6. The molecule has 8 heteroatoms. The minimum atomic E-state index is -0.710. The molecule has 0 saturated heterocycles. The van der Waals surface area contributed by atoms with Crippen LogP contribution in [-0.2, 0) is 6.42 Å². The average molecular weight is 524 g/mol. The summed E-state index contributed by atoms with van der Waals surface area (Å²) in [4.78, 5) is 4.14. The fourth-order valence-electron chi connectivity index (χ4n) is 4.66. The van der Waals surface area contributed by atoms with Crippen LogP contribution >= 0.6 is 11.6 Å². The van der Waals surface area contributed by atoms with E-state index in [-0.39, 0.29) is 18.0 Å². The molecule has 0 amide bonds. The van der Waals surface area contributed by atoms with Crippen LogP contribution in [0.3, 0.4) is 0 Å². The van der Waals surface area contributed by atoms with Gasteiger partial charge in [-0.15, -0.1) is 0 Å². The van der Waals surface area contributed by atoms with Crippen molar-refractivity contribution in [2.75, 3.05) is 5.32 Å².